The smallest absolute Gasteiger partial charge is 0.314 e. The molecule has 1 fully saturated rings. The molecule has 1 aliphatic heterocycles. The van der Waals surface area contributed by atoms with Gasteiger partial charge in [-0.1, -0.05) is 30.3 Å². The summed E-state index contributed by atoms with van der Waals surface area (Å²) in [6, 6.07) is 9.23. The zero-order valence-electron chi connectivity index (χ0n) is 11.7. The van der Waals surface area contributed by atoms with Gasteiger partial charge in [-0.2, -0.15) is 0 Å². The molecule has 0 amide bonds. The Bertz CT molecular complexity index is 593. The first kappa shape index (κ1) is 15.9. The molecule has 0 aromatic heterocycles. The molecule has 116 valence electrons. The van der Waals surface area contributed by atoms with E-state index in [2.05, 4.69) is 0 Å². The van der Waals surface area contributed by atoms with Gasteiger partial charge in [0.2, 0.25) is 10.0 Å². The molecule has 0 unspecified atom stereocenters. The Morgan fingerprint density at radius 1 is 1.24 bits per heavy atom. The van der Waals surface area contributed by atoms with Crippen molar-refractivity contribution >= 4 is 16.0 Å². The molecule has 3 N–H and O–H groups in total. The minimum Gasteiger partial charge on any atom is -0.481 e. The number of sulfonamides is 1. The highest BCUT2D eigenvalue weighted by molar-refractivity contribution is 7.89. The Morgan fingerprint density at radius 3 is 2.29 bits per heavy atom. The molecule has 1 heterocycles. The second-order valence-corrected chi connectivity index (χ2v) is 7.20. The van der Waals surface area contributed by atoms with Crippen LogP contribution in [0.2, 0.25) is 0 Å². The first-order chi connectivity index (χ1) is 9.83. The van der Waals surface area contributed by atoms with Gasteiger partial charge in [0, 0.05) is 6.54 Å². The standard InChI is InChI=1S/C14H20N2O4S/c15-21(19,20)11-10-16-8-6-14(7-9-16,13(17)18)12-4-2-1-3-5-12/h1-5H,6-11H2,(H,17,18)(H2,15,19,20). The van der Waals surface area contributed by atoms with E-state index in [1.165, 1.54) is 0 Å². The fraction of sp³-hybridized carbons (Fsp3) is 0.500. The lowest BCUT2D eigenvalue weighted by Gasteiger charge is -2.39. The van der Waals surface area contributed by atoms with Gasteiger partial charge in [-0.25, -0.2) is 13.6 Å². The zero-order valence-corrected chi connectivity index (χ0v) is 12.6. The maximum Gasteiger partial charge on any atom is 0.314 e. The number of primary sulfonamides is 1. The molecular weight excluding hydrogens is 292 g/mol. The summed E-state index contributed by atoms with van der Waals surface area (Å²) in [6.45, 7) is 1.46. The van der Waals surface area contributed by atoms with Crippen LogP contribution in [0.3, 0.4) is 0 Å². The number of aliphatic carboxylic acids is 1. The number of piperidine rings is 1. The minimum atomic E-state index is -3.48. The van der Waals surface area contributed by atoms with Gasteiger partial charge in [-0.15, -0.1) is 0 Å². The third-order valence-corrected chi connectivity index (χ3v) is 4.89. The van der Waals surface area contributed by atoms with Crippen LogP contribution in [-0.2, 0) is 20.2 Å². The summed E-state index contributed by atoms with van der Waals surface area (Å²) in [7, 11) is -3.48. The molecular formula is C14H20N2O4S. The van der Waals surface area contributed by atoms with Crippen molar-refractivity contribution in [3.63, 3.8) is 0 Å². The number of rotatable bonds is 5. The third kappa shape index (κ3) is 3.81. The summed E-state index contributed by atoms with van der Waals surface area (Å²) in [4.78, 5) is 13.7. The van der Waals surface area contributed by atoms with Crippen molar-refractivity contribution < 1.29 is 18.3 Å². The number of carboxylic acid groups (broad SMARTS) is 1. The van der Waals surface area contributed by atoms with Crippen LogP contribution in [0.1, 0.15) is 18.4 Å². The Morgan fingerprint density at radius 2 is 1.81 bits per heavy atom. The van der Waals surface area contributed by atoms with E-state index in [-0.39, 0.29) is 5.75 Å². The number of nitrogens with zero attached hydrogens (tertiary/aromatic N) is 1. The maximum atomic E-state index is 11.8. The number of nitrogens with two attached hydrogens (primary N) is 1. The molecule has 6 nitrogen and oxygen atoms in total. The Balaban J connectivity index is 2.07. The number of carboxylic acids is 1. The van der Waals surface area contributed by atoms with Gasteiger partial charge in [0.05, 0.1) is 11.2 Å². The quantitative estimate of drug-likeness (QED) is 0.819. The van der Waals surface area contributed by atoms with Crippen molar-refractivity contribution in [3.8, 4) is 0 Å². The Hall–Kier alpha value is -1.44. The van der Waals surface area contributed by atoms with Crippen molar-refractivity contribution in [2.45, 2.75) is 18.3 Å². The molecule has 1 saturated heterocycles. The second kappa shape index (κ2) is 6.13. The normalized spacial score (nSPS) is 19.3. The topological polar surface area (TPSA) is 101 Å². The molecule has 0 saturated carbocycles. The highest BCUT2D eigenvalue weighted by atomic mass is 32.2. The lowest BCUT2D eigenvalue weighted by molar-refractivity contribution is -0.146. The van der Waals surface area contributed by atoms with Crippen molar-refractivity contribution in [1.82, 2.24) is 4.90 Å². The van der Waals surface area contributed by atoms with Crippen molar-refractivity contribution in [2.75, 3.05) is 25.4 Å². The number of likely N-dealkylation sites (tertiary alicyclic amines) is 1. The van der Waals surface area contributed by atoms with Gasteiger partial charge >= 0.3 is 5.97 Å². The van der Waals surface area contributed by atoms with Gasteiger partial charge in [0.25, 0.3) is 0 Å². The minimum absolute atomic E-state index is 0.0988. The van der Waals surface area contributed by atoms with Crippen LogP contribution in [0.25, 0.3) is 0 Å². The maximum absolute atomic E-state index is 11.8. The fourth-order valence-corrected chi connectivity index (χ4v) is 3.31. The van der Waals surface area contributed by atoms with E-state index in [0.29, 0.717) is 32.5 Å². The number of benzene rings is 1. The van der Waals surface area contributed by atoms with Gasteiger partial charge in [0.1, 0.15) is 0 Å². The zero-order chi connectivity index (χ0) is 15.5. The molecule has 7 heteroatoms. The van der Waals surface area contributed by atoms with Crippen LogP contribution < -0.4 is 5.14 Å². The van der Waals surface area contributed by atoms with Gasteiger partial charge < -0.3 is 10.0 Å². The van der Waals surface area contributed by atoms with Crippen LogP contribution in [0.4, 0.5) is 0 Å². The molecule has 1 aromatic rings. The molecule has 0 spiro atoms. The second-order valence-electron chi connectivity index (χ2n) is 5.46. The summed E-state index contributed by atoms with van der Waals surface area (Å²) < 4.78 is 22.0. The van der Waals surface area contributed by atoms with E-state index in [0.717, 1.165) is 5.56 Å². The van der Waals surface area contributed by atoms with E-state index in [1.54, 1.807) is 0 Å². The predicted octanol–water partition coefficient (Wildman–Crippen LogP) is 0.393. The largest absolute Gasteiger partial charge is 0.481 e. The summed E-state index contributed by atoms with van der Waals surface area (Å²) >= 11 is 0. The van der Waals surface area contributed by atoms with Gasteiger partial charge in [-0.3, -0.25) is 4.79 Å². The molecule has 0 atom stereocenters. The fourth-order valence-electron chi connectivity index (χ4n) is 2.80. The molecule has 0 bridgehead atoms. The first-order valence-electron chi connectivity index (χ1n) is 6.85. The monoisotopic (exact) mass is 312 g/mol. The van der Waals surface area contributed by atoms with Crippen LogP contribution in [-0.4, -0.2) is 49.8 Å². The molecule has 0 aliphatic carbocycles. The lowest BCUT2D eigenvalue weighted by atomic mass is 9.73. The molecule has 1 aromatic carbocycles. The van der Waals surface area contributed by atoms with E-state index in [9.17, 15) is 18.3 Å². The van der Waals surface area contributed by atoms with Crippen LogP contribution in [0.15, 0.2) is 30.3 Å². The highest BCUT2D eigenvalue weighted by Crippen LogP contribution is 2.35. The van der Waals surface area contributed by atoms with E-state index in [1.807, 2.05) is 35.2 Å². The third-order valence-electron chi connectivity index (χ3n) is 4.14. The number of hydrogen-bond acceptors (Lipinski definition) is 4. The predicted molar refractivity (Wildman–Crippen MR) is 79.4 cm³/mol. The first-order valence-corrected chi connectivity index (χ1v) is 8.57. The molecule has 1 aliphatic rings. The van der Waals surface area contributed by atoms with Crippen LogP contribution in [0, 0.1) is 0 Å². The van der Waals surface area contributed by atoms with E-state index >= 15 is 0 Å². The summed E-state index contributed by atoms with van der Waals surface area (Å²) in [5.41, 5.74) is -0.0668. The number of carbonyl (C=O) groups is 1. The SMILES string of the molecule is NS(=O)(=O)CCN1CCC(C(=O)O)(c2ccccc2)CC1. The average Bonchev–Trinajstić information content (AvgIpc) is 2.45. The number of hydrogen-bond donors (Lipinski definition) is 2. The summed E-state index contributed by atoms with van der Waals surface area (Å²) in [5.74, 6) is -0.918. The molecule has 2 rings (SSSR count). The van der Waals surface area contributed by atoms with Gasteiger partial charge in [0.15, 0.2) is 0 Å². The van der Waals surface area contributed by atoms with Crippen LogP contribution >= 0.6 is 0 Å². The Labute approximate surface area is 124 Å². The summed E-state index contributed by atoms with van der Waals surface area (Å²) in [6.07, 6.45) is 0.938. The van der Waals surface area contributed by atoms with Gasteiger partial charge in [-0.05, 0) is 31.5 Å². The van der Waals surface area contributed by atoms with Crippen LogP contribution in [0.5, 0.6) is 0 Å². The highest BCUT2D eigenvalue weighted by Gasteiger charge is 2.42. The Kier molecular flexibility index (Phi) is 4.65. The molecule has 21 heavy (non-hydrogen) atoms. The van der Waals surface area contributed by atoms with Crippen molar-refractivity contribution in [1.29, 1.82) is 0 Å². The average molecular weight is 312 g/mol. The van der Waals surface area contributed by atoms with Crippen molar-refractivity contribution in [3.05, 3.63) is 35.9 Å². The van der Waals surface area contributed by atoms with E-state index in [4.69, 9.17) is 5.14 Å². The summed E-state index contributed by atoms with van der Waals surface area (Å²) in [5, 5.41) is 14.6. The lowest BCUT2D eigenvalue weighted by Crippen LogP contribution is -2.48. The molecule has 0 radical (unpaired) electrons. The van der Waals surface area contributed by atoms with E-state index < -0.39 is 21.4 Å². The van der Waals surface area contributed by atoms with Crippen molar-refractivity contribution in [2.24, 2.45) is 5.14 Å².